The second-order valence-electron chi connectivity index (χ2n) is 7.47. The van der Waals surface area contributed by atoms with Crippen LogP contribution in [0.5, 0.6) is 5.88 Å². The highest BCUT2D eigenvalue weighted by atomic mass is 35.5. The fraction of sp³-hybridized carbons (Fsp3) is 0.500. The van der Waals surface area contributed by atoms with E-state index in [0.717, 1.165) is 0 Å². The third kappa shape index (κ3) is 4.89. The predicted molar refractivity (Wildman–Crippen MR) is 108 cm³/mol. The topological polar surface area (TPSA) is 78.2 Å². The number of aromatic nitrogens is 2. The maximum atomic E-state index is 12.7. The normalized spacial score (nSPS) is 16.1. The van der Waals surface area contributed by atoms with Gasteiger partial charge in [0.2, 0.25) is 5.43 Å². The molecule has 0 atom stereocenters. The highest BCUT2D eigenvalue weighted by Gasteiger charge is 2.40. The van der Waals surface area contributed by atoms with Crippen LogP contribution < -0.4 is 15.6 Å². The van der Waals surface area contributed by atoms with Gasteiger partial charge in [0, 0.05) is 30.2 Å². The van der Waals surface area contributed by atoms with Gasteiger partial charge in [-0.2, -0.15) is 13.2 Å². The summed E-state index contributed by atoms with van der Waals surface area (Å²) in [5, 5.41) is 0.0321. The van der Waals surface area contributed by atoms with Gasteiger partial charge >= 0.3 is 6.18 Å². The first-order chi connectivity index (χ1) is 14.1. The molecule has 2 aromatic rings. The number of pyridine rings is 2. The number of alkyl halides is 3. The fourth-order valence-corrected chi connectivity index (χ4v) is 3.82. The van der Waals surface area contributed by atoms with Crippen molar-refractivity contribution >= 4 is 11.6 Å². The number of ether oxygens (including phenoxy) is 1. The van der Waals surface area contributed by atoms with Crippen LogP contribution in [-0.4, -0.2) is 47.3 Å². The number of aromatic amines is 2. The maximum Gasteiger partial charge on any atom is 0.391 e. The minimum atomic E-state index is -4.13. The zero-order valence-corrected chi connectivity index (χ0v) is 17.4. The van der Waals surface area contributed by atoms with E-state index in [9.17, 15) is 22.8 Å². The number of halogens is 4. The van der Waals surface area contributed by atoms with Gasteiger partial charge in [-0.15, -0.1) is 0 Å². The molecule has 3 heterocycles. The minimum absolute atomic E-state index is 0.0321. The second kappa shape index (κ2) is 8.85. The van der Waals surface area contributed by atoms with Crippen molar-refractivity contribution in [2.75, 3.05) is 26.2 Å². The first kappa shape index (κ1) is 22.4. The summed E-state index contributed by atoms with van der Waals surface area (Å²) in [4.78, 5) is 32.7. The summed E-state index contributed by atoms with van der Waals surface area (Å²) in [6.45, 7) is 4.76. The number of aryl methyl sites for hydroxylation is 2. The molecule has 0 unspecified atom stereocenters. The van der Waals surface area contributed by atoms with Gasteiger partial charge < -0.3 is 14.7 Å². The van der Waals surface area contributed by atoms with Crippen molar-refractivity contribution in [3.63, 3.8) is 0 Å². The van der Waals surface area contributed by atoms with Crippen molar-refractivity contribution in [2.24, 2.45) is 5.92 Å². The molecule has 2 aromatic heterocycles. The van der Waals surface area contributed by atoms with Gasteiger partial charge in [0.15, 0.2) is 11.3 Å². The van der Waals surface area contributed by atoms with Crippen molar-refractivity contribution in [2.45, 2.75) is 32.9 Å². The van der Waals surface area contributed by atoms with E-state index in [2.05, 4.69) is 9.97 Å². The van der Waals surface area contributed by atoms with Crippen molar-refractivity contribution < 1.29 is 17.9 Å². The van der Waals surface area contributed by atoms with Gasteiger partial charge in [0.05, 0.1) is 17.0 Å². The Kier molecular flexibility index (Phi) is 6.62. The Balaban J connectivity index is 1.62. The van der Waals surface area contributed by atoms with E-state index < -0.39 is 23.0 Å². The average molecular weight is 446 g/mol. The molecular weight excluding hydrogens is 423 g/mol. The summed E-state index contributed by atoms with van der Waals surface area (Å²) >= 11 is 6.02. The Morgan fingerprint density at radius 3 is 2.47 bits per heavy atom. The predicted octanol–water partition coefficient (Wildman–Crippen LogP) is 3.65. The van der Waals surface area contributed by atoms with Crippen LogP contribution in [0.2, 0.25) is 5.02 Å². The van der Waals surface area contributed by atoms with E-state index in [-0.39, 0.29) is 41.5 Å². The lowest BCUT2D eigenvalue weighted by Crippen LogP contribution is -2.40. The van der Waals surface area contributed by atoms with E-state index in [1.807, 2.05) is 4.90 Å². The Bertz CT molecular complexity index is 1020. The summed E-state index contributed by atoms with van der Waals surface area (Å²) in [6.07, 6.45) is -2.56. The standard InChI is InChI=1S/C20H23ClF3N3O3/c1-11-17(19(29)18(21)12(2)26-11)14-10-25-16(9-15(14)28)30-8-7-27-5-3-13(4-6-27)20(22,23)24/h9-10,13H,3-8H2,1-2H3,(H,25,28)(H,26,29). The Morgan fingerprint density at radius 2 is 1.87 bits per heavy atom. The molecule has 2 N–H and O–H groups in total. The van der Waals surface area contributed by atoms with Crippen LogP contribution in [0.4, 0.5) is 13.2 Å². The monoisotopic (exact) mass is 445 g/mol. The minimum Gasteiger partial charge on any atom is -0.478 e. The van der Waals surface area contributed by atoms with Crippen LogP contribution in [0.15, 0.2) is 21.9 Å². The van der Waals surface area contributed by atoms with Crippen LogP contribution >= 0.6 is 11.6 Å². The summed E-state index contributed by atoms with van der Waals surface area (Å²) in [5.74, 6) is -1.01. The third-order valence-electron chi connectivity index (χ3n) is 5.38. The number of nitrogens with zero attached hydrogens (tertiary/aromatic N) is 1. The van der Waals surface area contributed by atoms with Gasteiger partial charge in [0.25, 0.3) is 0 Å². The molecule has 0 bridgehead atoms. The number of hydrogen-bond acceptors (Lipinski definition) is 4. The van der Waals surface area contributed by atoms with E-state index >= 15 is 0 Å². The van der Waals surface area contributed by atoms with E-state index in [4.69, 9.17) is 16.3 Å². The molecule has 0 saturated carbocycles. The van der Waals surface area contributed by atoms with E-state index in [1.54, 1.807) is 13.8 Å². The van der Waals surface area contributed by atoms with Crippen LogP contribution in [0.3, 0.4) is 0 Å². The Labute approximate surface area is 176 Å². The Morgan fingerprint density at radius 1 is 1.20 bits per heavy atom. The number of H-pyrrole nitrogens is 2. The summed E-state index contributed by atoms with van der Waals surface area (Å²) in [7, 11) is 0. The summed E-state index contributed by atoms with van der Waals surface area (Å²) in [6, 6.07) is 1.25. The second-order valence-corrected chi connectivity index (χ2v) is 7.85. The van der Waals surface area contributed by atoms with Gasteiger partial charge in [-0.05, 0) is 39.8 Å². The van der Waals surface area contributed by atoms with Crippen molar-refractivity contribution in [1.29, 1.82) is 0 Å². The van der Waals surface area contributed by atoms with Gasteiger partial charge in [0.1, 0.15) is 11.6 Å². The summed E-state index contributed by atoms with van der Waals surface area (Å²) < 4.78 is 43.7. The molecule has 1 aliphatic heterocycles. The molecule has 1 fully saturated rings. The molecule has 1 saturated heterocycles. The lowest BCUT2D eigenvalue weighted by atomic mass is 9.96. The third-order valence-corrected chi connectivity index (χ3v) is 5.83. The van der Waals surface area contributed by atoms with E-state index in [1.165, 1.54) is 12.3 Å². The lowest BCUT2D eigenvalue weighted by Gasteiger charge is -2.32. The number of likely N-dealkylation sites (tertiary alicyclic amines) is 1. The first-order valence-electron chi connectivity index (χ1n) is 9.62. The molecule has 10 heteroatoms. The largest absolute Gasteiger partial charge is 0.478 e. The molecule has 30 heavy (non-hydrogen) atoms. The highest BCUT2D eigenvalue weighted by molar-refractivity contribution is 6.31. The fourth-order valence-electron chi connectivity index (χ4n) is 3.67. The van der Waals surface area contributed by atoms with Gasteiger partial charge in [-0.3, -0.25) is 14.5 Å². The average Bonchev–Trinajstić information content (AvgIpc) is 2.67. The number of piperidine rings is 1. The van der Waals surface area contributed by atoms with Crippen LogP contribution in [0.25, 0.3) is 11.1 Å². The van der Waals surface area contributed by atoms with Gasteiger partial charge in [-0.1, -0.05) is 11.6 Å². The quantitative estimate of drug-likeness (QED) is 0.736. The van der Waals surface area contributed by atoms with Crippen molar-refractivity contribution in [3.8, 4) is 17.0 Å². The molecule has 3 rings (SSSR count). The van der Waals surface area contributed by atoms with Crippen LogP contribution in [-0.2, 0) is 0 Å². The number of hydrogen-bond donors (Lipinski definition) is 2. The maximum absolute atomic E-state index is 12.7. The molecule has 0 aliphatic carbocycles. The molecule has 0 amide bonds. The van der Waals surface area contributed by atoms with E-state index in [0.29, 0.717) is 31.0 Å². The molecular formula is C20H23ClF3N3O3. The number of rotatable bonds is 5. The van der Waals surface area contributed by atoms with Crippen molar-refractivity contribution in [3.05, 3.63) is 49.1 Å². The SMILES string of the molecule is Cc1[nH]c(C)c(-c2c[nH]c(OCCN3CCC(C(F)(F)F)CC3)cc2=O)c(=O)c1Cl. The number of nitrogens with one attached hydrogen (secondary N) is 2. The zero-order valence-electron chi connectivity index (χ0n) is 16.7. The molecule has 164 valence electrons. The lowest BCUT2D eigenvalue weighted by molar-refractivity contribution is -0.185. The Hall–Kier alpha value is -2.26. The van der Waals surface area contributed by atoms with Gasteiger partial charge in [-0.25, -0.2) is 0 Å². The smallest absolute Gasteiger partial charge is 0.391 e. The van der Waals surface area contributed by atoms with Crippen LogP contribution in [0, 0.1) is 19.8 Å². The van der Waals surface area contributed by atoms with Crippen LogP contribution in [0.1, 0.15) is 24.2 Å². The first-order valence-corrected chi connectivity index (χ1v) is 9.99. The molecule has 0 aromatic carbocycles. The highest BCUT2D eigenvalue weighted by Crippen LogP contribution is 2.33. The molecule has 0 spiro atoms. The summed E-state index contributed by atoms with van der Waals surface area (Å²) in [5.41, 5.74) is 0.611. The molecule has 6 nitrogen and oxygen atoms in total. The molecule has 1 aliphatic rings. The zero-order chi connectivity index (χ0) is 22.1. The molecule has 0 radical (unpaired) electrons. The van der Waals surface area contributed by atoms with Crippen molar-refractivity contribution in [1.82, 2.24) is 14.9 Å².